The van der Waals surface area contributed by atoms with Gasteiger partial charge in [0.15, 0.2) is 5.65 Å². The molecule has 27 heavy (non-hydrogen) atoms. The van der Waals surface area contributed by atoms with Gasteiger partial charge in [0.1, 0.15) is 0 Å². The van der Waals surface area contributed by atoms with Gasteiger partial charge in [0.25, 0.3) is 0 Å². The molecule has 4 N–H and O–H groups in total. The van der Waals surface area contributed by atoms with Gasteiger partial charge in [0, 0.05) is 35.4 Å². The van der Waals surface area contributed by atoms with Gasteiger partial charge in [0.05, 0.1) is 21.1 Å². The molecule has 0 spiro atoms. The number of H-pyrrole nitrogens is 2. The van der Waals surface area contributed by atoms with Crippen molar-refractivity contribution in [2.24, 2.45) is 0 Å². The zero-order chi connectivity index (χ0) is 18.8. The van der Waals surface area contributed by atoms with Gasteiger partial charge in [-0.2, -0.15) is 4.98 Å². The fourth-order valence-electron chi connectivity index (χ4n) is 2.95. The first-order valence-electron chi connectivity index (χ1n) is 8.52. The van der Waals surface area contributed by atoms with Crippen molar-refractivity contribution in [2.75, 3.05) is 18.4 Å². The summed E-state index contributed by atoms with van der Waals surface area (Å²) in [6.07, 6.45) is 2.65. The van der Waals surface area contributed by atoms with E-state index >= 15 is 0 Å². The normalized spacial score (nSPS) is 11.5. The van der Waals surface area contributed by atoms with Crippen molar-refractivity contribution in [3.05, 3.63) is 51.2 Å². The molecule has 3 aromatic heterocycles. The summed E-state index contributed by atoms with van der Waals surface area (Å²) < 4.78 is 0. The molecule has 0 bridgehead atoms. The lowest BCUT2D eigenvalue weighted by Gasteiger charge is -2.05. The molecule has 1 aromatic carbocycles. The predicted octanol–water partition coefficient (Wildman–Crippen LogP) is 4.99. The van der Waals surface area contributed by atoms with E-state index in [1.54, 1.807) is 12.3 Å². The summed E-state index contributed by atoms with van der Waals surface area (Å²) in [5, 5.41) is 9.21. The molecule has 0 saturated carbocycles. The number of aromatic amines is 2. The number of pyridine rings is 1. The third kappa shape index (κ3) is 3.99. The van der Waals surface area contributed by atoms with Crippen molar-refractivity contribution < 1.29 is 0 Å². The summed E-state index contributed by atoms with van der Waals surface area (Å²) in [5.74, 6) is 0.730. The number of rotatable bonds is 7. The first-order valence-corrected chi connectivity index (χ1v) is 9.65. The minimum atomic E-state index is 0.550. The summed E-state index contributed by atoms with van der Waals surface area (Å²) in [6.45, 7) is 2.23. The van der Waals surface area contributed by atoms with Crippen LogP contribution in [0.3, 0.4) is 0 Å². The molecule has 0 aliphatic carbocycles. The highest BCUT2D eigenvalue weighted by molar-refractivity contribution is 6.44. The minimum absolute atomic E-state index is 0.550. The summed E-state index contributed by atoms with van der Waals surface area (Å²) >= 11 is 18.7. The van der Waals surface area contributed by atoms with Gasteiger partial charge < -0.3 is 20.6 Å². The Labute approximate surface area is 170 Å². The molecule has 0 amide bonds. The number of imidazole rings is 1. The van der Waals surface area contributed by atoms with E-state index in [1.807, 2.05) is 18.2 Å². The fraction of sp³-hybridized carbons (Fsp3) is 0.222. The SMILES string of the molecule is Clc1cc(Cl)c2c(Cl)c(CNCCCNc3nc4ncccc4[nH]3)[nH]c2c1. The van der Waals surface area contributed by atoms with Crippen molar-refractivity contribution in [2.45, 2.75) is 13.0 Å². The Kier molecular flexibility index (Phi) is 5.41. The summed E-state index contributed by atoms with van der Waals surface area (Å²) in [6, 6.07) is 7.35. The lowest BCUT2D eigenvalue weighted by Crippen LogP contribution is -2.18. The molecule has 0 fully saturated rings. The zero-order valence-electron chi connectivity index (χ0n) is 14.2. The molecular formula is C18H17Cl3N6. The Hall–Kier alpha value is -1.99. The van der Waals surface area contributed by atoms with E-state index < -0.39 is 0 Å². The van der Waals surface area contributed by atoms with Gasteiger partial charge in [-0.1, -0.05) is 34.8 Å². The Morgan fingerprint density at radius 2 is 1.93 bits per heavy atom. The fourth-order valence-corrected chi connectivity index (χ4v) is 3.90. The molecule has 9 heteroatoms. The average Bonchev–Trinajstić information content (AvgIpc) is 3.18. The Morgan fingerprint density at radius 3 is 2.78 bits per heavy atom. The van der Waals surface area contributed by atoms with Crippen LogP contribution in [0.2, 0.25) is 15.1 Å². The molecule has 0 radical (unpaired) electrons. The molecule has 0 atom stereocenters. The first-order chi connectivity index (χ1) is 13.1. The van der Waals surface area contributed by atoms with Crippen molar-refractivity contribution in [1.82, 2.24) is 25.3 Å². The van der Waals surface area contributed by atoms with Gasteiger partial charge >= 0.3 is 0 Å². The van der Waals surface area contributed by atoms with Gasteiger partial charge in [-0.3, -0.25) is 0 Å². The standard InChI is InChI=1S/C18H17Cl3N6/c19-10-7-11(20)15-13(8-10)25-14(16(15)21)9-22-4-2-6-24-18-26-12-3-1-5-23-17(12)27-18/h1,3,5,7-8,22,25H,2,4,6,9H2,(H2,23,24,26,27). The Morgan fingerprint density at radius 1 is 1.04 bits per heavy atom. The van der Waals surface area contributed by atoms with Crippen LogP contribution in [0, 0.1) is 0 Å². The van der Waals surface area contributed by atoms with E-state index in [4.69, 9.17) is 34.8 Å². The summed E-state index contributed by atoms with van der Waals surface area (Å²) in [5.41, 5.74) is 3.37. The lowest BCUT2D eigenvalue weighted by molar-refractivity contribution is 0.655. The highest BCUT2D eigenvalue weighted by atomic mass is 35.5. The zero-order valence-corrected chi connectivity index (χ0v) is 16.5. The van der Waals surface area contributed by atoms with Crippen molar-refractivity contribution >= 4 is 62.8 Å². The van der Waals surface area contributed by atoms with E-state index in [0.29, 0.717) is 27.3 Å². The smallest absolute Gasteiger partial charge is 0.202 e. The van der Waals surface area contributed by atoms with E-state index in [-0.39, 0.29) is 0 Å². The molecule has 0 saturated heterocycles. The topological polar surface area (TPSA) is 81.4 Å². The molecule has 6 nitrogen and oxygen atoms in total. The van der Waals surface area contributed by atoms with Gasteiger partial charge in [-0.25, -0.2) is 4.98 Å². The number of hydrogen-bond donors (Lipinski definition) is 4. The molecule has 4 aromatic rings. The second-order valence-corrected chi connectivity index (χ2v) is 7.37. The third-order valence-electron chi connectivity index (χ3n) is 4.21. The minimum Gasteiger partial charge on any atom is -0.356 e. The second kappa shape index (κ2) is 7.94. The maximum absolute atomic E-state index is 6.44. The van der Waals surface area contributed by atoms with Crippen LogP contribution in [0.4, 0.5) is 5.95 Å². The number of anilines is 1. The maximum atomic E-state index is 6.44. The third-order valence-corrected chi connectivity index (χ3v) is 5.14. The molecular weight excluding hydrogens is 407 g/mol. The molecule has 140 valence electrons. The van der Waals surface area contributed by atoms with E-state index in [9.17, 15) is 0 Å². The maximum Gasteiger partial charge on any atom is 0.202 e. The van der Waals surface area contributed by atoms with E-state index in [0.717, 1.165) is 47.6 Å². The van der Waals surface area contributed by atoms with Crippen LogP contribution in [0.15, 0.2) is 30.5 Å². The van der Waals surface area contributed by atoms with Crippen molar-refractivity contribution in [1.29, 1.82) is 0 Å². The largest absolute Gasteiger partial charge is 0.356 e. The number of nitrogens with zero attached hydrogens (tertiary/aromatic N) is 2. The van der Waals surface area contributed by atoms with Crippen molar-refractivity contribution in [3.8, 4) is 0 Å². The Balaban J connectivity index is 1.27. The number of aromatic nitrogens is 4. The van der Waals surface area contributed by atoms with Gasteiger partial charge in [-0.15, -0.1) is 0 Å². The van der Waals surface area contributed by atoms with Gasteiger partial charge in [0.2, 0.25) is 5.95 Å². The number of fused-ring (bicyclic) bond motifs is 2. The molecule has 0 aliphatic rings. The monoisotopic (exact) mass is 422 g/mol. The number of nitrogens with one attached hydrogen (secondary N) is 4. The Bertz CT molecular complexity index is 1050. The van der Waals surface area contributed by atoms with E-state index in [1.165, 1.54) is 0 Å². The molecule has 3 heterocycles. The molecule has 0 aliphatic heterocycles. The lowest BCUT2D eigenvalue weighted by atomic mass is 10.2. The van der Waals surface area contributed by atoms with Crippen LogP contribution in [0.25, 0.3) is 22.1 Å². The van der Waals surface area contributed by atoms with Crippen LogP contribution in [0.1, 0.15) is 12.1 Å². The second-order valence-electron chi connectivity index (χ2n) is 6.14. The number of benzene rings is 1. The number of hydrogen-bond acceptors (Lipinski definition) is 4. The van der Waals surface area contributed by atoms with E-state index in [2.05, 4.69) is 30.6 Å². The van der Waals surface area contributed by atoms with Crippen LogP contribution < -0.4 is 10.6 Å². The quantitative estimate of drug-likeness (QED) is 0.316. The average molecular weight is 424 g/mol. The van der Waals surface area contributed by atoms with Crippen LogP contribution in [-0.4, -0.2) is 33.0 Å². The predicted molar refractivity (Wildman–Crippen MR) is 112 cm³/mol. The highest BCUT2D eigenvalue weighted by Crippen LogP contribution is 2.35. The van der Waals surface area contributed by atoms with Gasteiger partial charge in [-0.05, 0) is 37.2 Å². The molecule has 4 rings (SSSR count). The van der Waals surface area contributed by atoms with Crippen LogP contribution >= 0.6 is 34.8 Å². The number of halogens is 3. The van der Waals surface area contributed by atoms with Crippen LogP contribution in [-0.2, 0) is 6.54 Å². The van der Waals surface area contributed by atoms with Crippen molar-refractivity contribution in [3.63, 3.8) is 0 Å². The highest BCUT2D eigenvalue weighted by Gasteiger charge is 2.13. The summed E-state index contributed by atoms with van der Waals surface area (Å²) in [7, 11) is 0. The summed E-state index contributed by atoms with van der Waals surface area (Å²) in [4.78, 5) is 15.1. The molecule has 0 unspecified atom stereocenters. The van der Waals surface area contributed by atoms with Crippen LogP contribution in [0.5, 0.6) is 0 Å². The first kappa shape index (κ1) is 18.4.